The Hall–Kier alpha value is -3.60. The van der Waals surface area contributed by atoms with Crippen molar-refractivity contribution in [3.8, 4) is 11.3 Å². The molecule has 38 heavy (non-hydrogen) atoms. The normalized spacial score (nSPS) is 16.0. The highest BCUT2D eigenvalue weighted by molar-refractivity contribution is 7.92. The van der Waals surface area contributed by atoms with E-state index in [1.54, 1.807) is 50.5 Å². The zero-order valence-electron chi connectivity index (χ0n) is 21.6. The smallest absolute Gasteiger partial charge is 0.255 e. The molecule has 0 radical (unpaired) electrons. The lowest BCUT2D eigenvalue weighted by Gasteiger charge is -2.22. The summed E-state index contributed by atoms with van der Waals surface area (Å²) < 4.78 is 30.3. The summed E-state index contributed by atoms with van der Waals surface area (Å²) in [5.41, 5.74) is 4.55. The zero-order chi connectivity index (χ0) is 26.9. The third kappa shape index (κ3) is 5.33. The van der Waals surface area contributed by atoms with Crippen LogP contribution in [0.1, 0.15) is 36.2 Å². The van der Waals surface area contributed by atoms with E-state index in [1.165, 1.54) is 0 Å². The van der Waals surface area contributed by atoms with Crippen molar-refractivity contribution in [2.75, 3.05) is 25.6 Å². The number of amides is 1. The maximum absolute atomic E-state index is 13.0. The number of anilines is 1. The van der Waals surface area contributed by atoms with Gasteiger partial charge in [-0.3, -0.25) is 9.69 Å². The van der Waals surface area contributed by atoms with Crippen LogP contribution in [-0.2, 0) is 21.1 Å². The molecular weight excluding hydrogens is 502 g/mol. The van der Waals surface area contributed by atoms with E-state index in [0.717, 1.165) is 37.3 Å². The molecule has 9 nitrogen and oxygen atoms in total. The van der Waals surface area contributed by atoms with Crippen LogP contribution in [0.4, 0.5) is 5.69 Å². The third-order valence-corrected chi connectivity index (χ3v) is 9.08. The van der Waals surface area contributed by atoms with Crippen molar-refractivity contribution in [2.45, 2.75) is 43.0 Å². The fourth-order valence-electron chi connectivity index (χ4n) is 4.46. The largest absolute Gasteiger partial charge is 0.380 e. The number of carbonyl (C=O) groups is 1. The maximum Gasteiger partial charge on any atom is 0.255 e. The summed E-state index contributed by atoms with van der Waals surface area (Å²) >= 11 is 0. The second-order valence-corrected chi connectivity index (χ2v) is 12.4. The van der Waals surface area contributed by atoms with E-state index in [1.807, 2.05) is 24.3 Å². The number of nitrogens with one attached hydrogen (secondary N) is 2. The van der Waals surface area contributed by atoms with Gasteiger partial charge in [0.05, 0.1) is 34.3 Å². The Morgan fingerprint density at radius 2 is 1.89 bits per heavy atom. The molecule has 2 N–H and O–H groups in total. The molecule has 1 aliphatic heterocycles. The number of sulfone groups is 1. The molecule has 5 rings (SSSR count). The number of aromatic nitrogens is 3. The Bertz CT molecular complexity index is 1540. The predicted molar refractivity (Wildman–Crippen MR) is 147 cm³/mol. The van der Waals surface area contributed by atoms with E-state index in [9.17, 15) is 13.2 Å². The molecule has 1 aliphatic rings. The number of nitrogens with zero attached hydrogens (tertiary/aromatic N) is 3. The molecule has 0 aliphatic carbocycles. The van der Waals surface area contributed by atoms with Crippen LogP contribution < -0.4 is 5.32 Å². The quantitative estimate of drug-likeness (QED) is 0.347. The van der Waals surface area contributed by atoms with Gasteiger partial charge in [-0.2, -0.15) is 0 Å². The molecule has 4 aromatic rings. The Balaban J connectivity index is 1.31. The Labute approximate surface area is 222 Å². The molecule has 0 saturated carbocycles. The number of rotatable bonds is 8. The van der Waals surface area contributed by atoms with Crippen molar-refractivity contribution in [3.63, 3.8) is 0 Å². The van der Waals surface area contributed by atoms with Crippen LogP contribution in [0.5, 0.6) is 0 Å². The van der Waals surface area contributed by atoms with Gasteiger partial charge in [0.2, 0.25) is 0 Å². The van der Waals surface area contributed by atoms with Crippen LogP contribution in [0.25, 0.3) is 22.4 Å². The molecule has 10 heteroatoms. The van der Waals surface area contributed by atoms with Crippen molar-refractivity contribution in [1.29, 1.82) is 0 Å². The molecule has 1 saturated heterocycles. The van der Waals surface area contributed by atoms with Crippen LogP contribution in [0, 0.1) is 0 Å². The predicted octanol–water partition coefficient (Wildman–Crippen LogP) is 4.28. The van der Waals surface area contributed by atoms with Gasteiger partial charge in [0.1, 0.15) is 5.52 Å². The molecule has 3 heterocycles. The van der Waals surface area contributed by atoms with Gasteiger partial charge in [-0.15, -0.1) is 0 Å². The van der Waals surface area contributed by atoms with Gasteiger partial charge in [-0.05, 0) is 57.1 Å². The lowest BCUT2D eigenvalue weighted by molar-refractivity contribution is 0.102. The van der Waals surface area contributed by atoms with Gasteiger partial charge in [-0.25, -0.2) is 18.4 Å². The number of carbonyl (C=O) groups excluding carboxylic acids is 1. The molecule has 0 unspecified atom stereocenters. The number of benzene rings is 2. The van der Waals surface area contributed by atoms with Crippen LogP contribution in [0.2, 0.25) is 0 Å². The highest BCUT2D eigenvalue weighted by Gasteiger charge is 2.21. The van der Waals surface area contributed by atoms with Gasteiger partial charge in [0.15, 0.2) is 15.5 Å². The molecular formula is C28H31N5O4S. The monoisotopic (exact) mass is 533 g/mol. The lowest BCUT2D eigenvalue weighted by atomic mass is 10.1. The van der Waals surface area contributed by atoms with Gasteiger partial charge in [0, 0.05) is 36.5 Å². The Kier molecular flexibility index (Phi) is 7.29. The highest BCUT2D eigenvalue weighted by atomic mass is 32.2. The van der Waals surface area contributed by atoms with Gasteiger partial charge in [-0.1, -0.05) is 24.3 Å². The number of fused-ring (bicyclic) bond motifs is 1. The summed E-state index contributed by atoms with van der Waals surface area (Å²) in [5, 5.41) is 2.43. The van der Waals surface area contributed by atoms with Crippen molar-refractivity contribution in [1.82, 2.24) is 19.9 Å². The van der Waals surface area contributed by atoms with Gasteiger partial charge >= 0.3 is 0 Å². The summed E-state index contributed by atoms with van der Waals surface area (Å²) in [5.74, 6) is -0.245. The summed E-state index contributed by atoms with van der Waals surface area (Å²) in [4.78, 5) is 27.7. The van der Waals surface area contributed by atoms with Crippen LogP contribution >= 0.6 is 0 Å². The van der Waals surface area contributed by atoms with Crippen molar-refractivity contribution < 1.29 is 17.9 Å². The molecule has 2 aromatic carbocycles. The number of ether oxygens (including phenoxy) is 1. The summed E-state index contributed by atoms with van der Waals surface area (Å²) in [6.45, 7) is 5.68. The van der Waals surface area contributed by atoms with E-state index in [2.05, 4.69) is 32.2 Å². The number of H-pyrrole nitrogens is 1. The third-order valence-electron chi connectivity index (χ3n) is 6.91. The van der Waals surface area contributed by atoms with Gasteiger partial charge in [0.25, 0.3) is 5.91 Å². The Morgan fingerprint density at radius 3 is 2.55 bits per heavy atom. The zero-order valence-corrected chi connectivity index (χ0v) is 22.5. The second-order valence-electron chi connectivity index (χ2n) is 9.86. The molecule has 1 amide bonds. The average molecular weight is 534 g/mol. The minimum Gasteiger partial charge on any atom is -0.380 e. The van der Waals surface area contributed by atoms with E-state index >= 15 is 0 Å². The van der Waals surface area contributed by atoms with E-state index in [-0.39, 0.29) is 10.8 Å². The van der Waals surface area contributed by atoms with Crippen molar-refractivity contribution in [3.05, 3.63) is 72.1 Å². The van der Waals surface area contributed by atoms with E-state index in [0.29, 0.717) is 34.2 Å². The van der Waals surface area contributed by atoms with Crippen LogP contribution in [-0.4, -0.2) is 65.7 Å². The minimum atomic E-state index is -3.36. The molecule has 1 fully saturated rings. The second kappa shape index (κ2) is 10.6. The van der Waals surface area contributed by atoms with E-state index in [4.69, 9.17) is 4.74 Å². The standard InChI is InChI=1S/C28H31N5O4S/c1-18(2)38(35,36)23-10-8-20(9-11-23)24-14-29-27-26(31-24)25(15-30-27)32-28(34)21-6-4-19(5-7-21)16-33(3)22-12-13-37-17-22/h4-11,14-15,18,22H,12-13,16-17H2,1-3H3,(H,29,30)(H,32,34)/t22-/m0/s1. The molecule has 198 valence electrons. The van der Waals surface area contributed by atoms with Crippen LogP contribution in [0.3, 0.4) is 0 Å². The first-order valence-electron chi connectivity index (χ1n) is 12.6. The highest BCUT2D eigenvalue weighted by Crippen LogP contribution is 2.26. The SMILES string of the molecule is CC(C)S(=O)(=O)c1ccc(-c2cnc3[nH]cc(NC(=O)c4ccc(CN(C)[C@H]5CCOC5)cc4)c3n2)cc1. The first kappa shape index (κ1) is 26.0. The number of likely N-dealkylation sites (N-methyl/N-ethyl adjacent to an activating group) is 1. The topological polar surface area (TPSA) is 117 Å². The van der Waals surface area contributed by atoms with Gasteiger partial charge < -0.3 is 15.0 Å². The molecule has 1 atom stereocenters. The fraction of sp³-hybridized carbons (Fsp3) is 0.321. The van der Waals surface area contributed by atoms with Crippen LogP contribution in [0.15, 0.2) is 65.8 Å². The first-order chi connectivity index (χ1) is 18.2. The van der Waals surface area contributed by atoms with Crippen molar-refractivity contribution >= 4 is 32.6 Å². The van der Waals surface area contributed by atoms with Crippen molar-refractivity contribution in [2.24, 2.45) is 0 Å². The number of hydrogen-bond donors (Lipinski definition) is 2. The summed E-state index contributed by atoms with van der Waals surface area (Å²) in [6.07, 6.45) is 4.32. The average Bonchev–Trinajstić information content (AvgIpc) is 3.60. The lowest BCUT2D eigenvalue weighted by Crippen LogP contribution is -2.31. The first-order valence-corrected chi connectivity index (χ1v) is 14.1. The number of hydrogen-bond acceptors (Lipinski definition) is 7. The summed E-state index contributed by atoms with van der Waals surface area (Å²) in [7, 11) is -1.27. The number of aromatic amines is 1. The van der Waals surface area contributed by atoms with E-state index < -0.39 is 15.1 Å². The summed E-state index contributed by atoms with van der Waals surface area (Å²) in [6, 6.07) is 14.6. The molecule has 2 aromatic heterocycles. The Morgan fingerprint density at radius 1 is 1.16 bits per heavy atom. The molecule has 0 bridgehead atoms. The fourth-order valence-corrected chi connectivity index (χ4v) is 5.52. The maximum atomic E-state index is 13.0. The molecule has 0 spiro atoms. The minimum absolute atomic E-state index is 0.245.